The number of aliphatic hydroxyl groups excluding tert-OH is 1. The second-order valence-electron chi connectivity index (χ2n) is 3.31. The maximum atomic E-state index is 9.05. The van der Waals surface area contributed by atoms with Crippen LogP contribution in [-0.2, 0) is 0 Å². The van der Waals surface area contributed by atoms with E-state index in [1.807, 2.05) is 24.9 Å². The lowest BCUT2D eigenvalue weighted by Gasteiger charge is -2.27. The summed E-state index contributed by atoms with van der Waals surface area (Å²) in [7, 11) is 3.73. The first-order chi connectivity index (χ1) is 7.17. The van der Waals surface area contributed by atoms with Crippen LogP contribution in [0.5, 0.6) is 0 Å². The molecule has 5 heteroatoms. The van der Waals surface area contributed by atoms with Crippen molar-refractivity contribution in [3.63, 3.8) is 0 Å². The molecule has 0 amide bonds. The second kappa shape index (κ2) is 8.26. The lowest BCUT2D eigenvalue weighted by molar-refractivity contribution is 0.178. The molecule has 15 heavy (non-hydrogen) atoms. The van der Waals surface area contributed by atoms with Crippen molar-refractivity contribution in [2.75, 3.05) is 33.9 Å². The predicted molar refractivity (Wildman–Crippen MR) is 63.4 cm³/mol. The molecule has 5 nitrogen and oxygen atoms in total. The van der Waals surface area contributed by atoms with E-state index in [1.54, 1.807) is 18.1 Å². The van der Waals surface area contributed by atoms with Crippen molar-refractivity contribution >= 4 is 5.96 Å². The Labute approximate surface area is 91.9 Å². The smallest absolute Gasteiger partial charge is 0.202 e. The van der Waals surface area contributed by atoms with Gasteiger partial charge in [-0.05, 0) is 19.9 Å². The van der Waals surface area contributed by atoms with E-state index in [-0.39, 0.29) is 6.73 Å². The zero-order chi connectivity index (χ0) is 11.7. The maximum absolute atomic E-state index is 9.05. The number of aliphatic hydroxyl groups is 1. The number of rotatable bonds is 5. The summed E-state index contributed by atoms with van der Waals surface area (Å²) in [5.41, 5.74) is 5.44. The van der Waals surface area contributed by atoms with Crippen molar-refractivity contribution in [2.45, 2.75) is 13.3 Å². The van der Waals surface area contributed by atoms with Gasteiger partial charge >= 0.3 is 0 Å². The number of hydrogen-bond acceptors (Lipinski definition) is 3. The van der Waals surface area contributed by atoms with Gasteiger partial charge in [-0.3, -0.25) is 0 Å². The maximum Gasteiger partial charge on any atom is 0.202 e. The molecule has 0 aliphatic carbocycles. The van der Waals surface area contributed by atoms with E-state index in [9.17, 15) is 0 Å². The first-order valence-corrected chi connectivity index (χ1v) is 5.09. The van der Waals surface area contributed by atoms with Crippen LogP contribution >= 0.6 is 0 Å². The van der Waals surface area contributed by atoms with Crippen molar-refractivity contribution in [3.8, 4) is 0 Å². The molecule has 0 radical (unpaired) electrons. The van der Waals surface area contributed by atoms with Crippen molar-refractivity contribution < 1.29 is 5.11 Å². The molecule has 0 bridgehead atoms. The molecule has 0 heterocycles. The van der Waals surface area contributed by atoms with Crippen LogP contribution in [0.3, 0.4) is 0 Å². The van der Waals surface area contributed by atoms with Gasteiger partial charge in [-0.1, -0.05) is 6.08 Å². The van der Waals surface area contributed by atoms with Gasteiger partial charge in [-0.15, -0.1) is 0 Å². The molecule has 0 spiro atoms. The molecule has 0 aliphatic rings. The largest absolute Gasteiger partial charge is 0.376 e. The lowest BCUT2D eigenvalue weighted by atomic mass is 10.4. The molecule has 0 atom stereocenters. The van der Waals surface area contributed by atoms with Gasteiger partial charge in [0.05, 0.1) is 0 Å². The lowest BCUT2D eigenvalue weighted by Crippen LogP contribution is -2.41. The highest BCUT2D eigenvalue weighted by Crippen LogP contribution is 1.96. The topological polar surface area (TPSA) is 65.1 Å². The van der Waals surface area contributed by atoms with Gasteiger partial charge in [0.25, 0.3) is 0 Å². The van der Waals surface area contributed by atoms with E-state index in [0.29, 0.717) is 6.54 Å². The number of nitrogens with two attached hydrogens (primary N) is 1. The quantitative estimate of drug-likeness (QED) is 0.385. The summed E-state index contributed by atoms with van der Waals surface area (Å²) in [6.07, 6.45) is 4.47. The molecule has 0 saturated heterocycles. The van der Waals surface area contributed by atoms with Crippen LogP contribution in [0.25, 0.3) is 0 Å². The molecule has 0 aromatic rings. The molecule has 3 N–H and O–H groups in total. The Hall–Kier alpha value is -1.07. The number of allylic oxidation sites excluding steroid dienone is 1. The summed E-state index contributed by atoms with van der Waals surface area (Å²) in [4.78, 5) is 7.91. The first-order valence-electron chi connectivity index (χ1n) is 5.09. The third-order valence-electron chi connectivity index (χ3n) is 1.93. The van der Waals surface area contributed by atoms with Gasteiger partial charge in [-0.2, -0.15) is 0 Å². The SMILES string of the molecule is C/C=C/N=C(N(C)CO)N(C)CCCN. The Morgan fingerprint density at radius 2 is 2.07 bits per heavy atom. The standard InChI is InChI=1S/C10H22N4O/c1-4-7-12-10(14(3)9-15)13(2)8-5-6-11/h4,7,15H,5-6,8-9,11H2,1-3H3/b7-4+,12-10?. The summed E-state index contributed by atoms with van der Waals surface area (Å²) < 4.78 is 0. The first kappa shape index (κ1) is 13.9. The van der Waals surface area contributed by atoms with Crippen LogP contribution in [0, 0.1) is 0 Å². The highest BCUT2D eigenvalue weighted by atomic mass is 16.3. The van der Waals surface area contributed by atoms with Gasteiger partial charge < -0.3 is 20.6 Å². The minimum absolute atomic E-state index is 0.0522. The fourth-order valence-electron chi connectivity index (χ4n) is 1.12. The van der Waals surface area contributed by atoms with Crippen molar-refractivity contribution in [1.82, 2.24) is 9.80 Å². The van der Waals surface area contributed by atoms with E-state index in [0.717, 1.165) is 18.9 Å². The summed E-state index contributed by atoms with van der Waals surface area (Å²) in [6.45, 7) is 3.34. The number of nitrogens with zero attached hydrogens (tertiary/aromatic N) is 3. The number of guanidine groups is 1. The second-order valence-corrected chi connectivity index (χ2v) is 3.31. The summed E-state index contributed by atoms with van der Waals surface area (Å²) in [6, 6.07) is 0. The minimum atomic E-state index is -0.0522. The third kappa shape index (κ3) is 5.39. The summed E-state index contributed by atoms with van der Waals surface area (Å²) in [5.74, 6) is 0.740. The average molecular weight is 214 g/mol. The predicted octanol–water partition coefficient (Wildman–Crippen LogP) is 0.0382. The molecule has 0 aliphatic heterocycles. The molecule has 88 valence electrons. The van der Waals surface area contributed by atoms with Crippen LogP contribution in [-0.4, -0.2) is 54.8 Å². The van der Waals surface area contributed by atoms with E-state index < -0.39 is 0 Å². The highest BCUT2D eigenvalue weighted by molar-refractivity contribution is 5.80. The van der Waals surface area contributed by atoms with E-state index in [2.05, 4.69) is 4.99 Å². The molecule has 0 saturated carbocycles. The summed E-state index contributed by atoms with van der Waals surface area (Å²) in [5, 5.41) is 9.05. The van der Waals surface area contributed by atoms with Gasteiger partial charge in [0, 0.05) is 26.8 Å². The normalized spacial score (nSPS) is 12.2. The van der Waals surface area contributed by atoms with Crippen LogP contribution < -0.4 is 5.73 Å². The van der Waals surface area contributed by atoms with Crippen LogP contribution in [0.4, 0.5) is 0 Å². The molecule has 0 fully saturated rings. The molecule has 0 unspecified atom stereocenters. The number of aliphatic imine (C=N–C) groups is 1. The van der Waals surface area contributed by atoms with Crippen LogP contribution in [0.15, 0.2) is 17.3 Å². The Balaban J connectivity index is 4.47. The van der Waals surface area contributed by atoms with Crippen molar-refractivity contribution in [2.24, 2.45) is 10.7 Å². The van der Waals surface area contributed by atoms with E-state index >= 15 is 0 Å². The molecule has 0 rings (SSSR count). The average Bonchev–Trinajstić information content (AvgIpc) is 2.26. The van der Waals surface area contributed by atoms with Gasteiger partial charge in [0.15, 0.2) is 0 Å². The van der Waals surface area contributed by atoms with E-state index in [1.165, 1.54) is 0 Å². The van der Waals surface area contributed by atoms with Gasteiger partial charge in [0.2, 0.25) is 5.96 Å². The fraction of sp³-hybridized carbons (Fsp3) is 0.700. The highest BCUT2D eigenvalue weighted by Gasteiger charge is 2.09. The zero-order valence-electron chi connectivity index (χ0n) is 9.85. The fourth-order valence-corrected chi connectivity index (χ4v) is 1.12. The Morgan fingerprint density at radius 1 is 1.40 bits per heavy atom. The molecular formula is C10H22N4O. The Kier molecular flexibility index (Phi) is 7.67. The van der Waals surface area contributed by atoms with Gasteiger partial charge in [-0.25, -0.2) is 4.99 Å². The Bertz CT molecular complexity index is 215. The minimum Gasteiger partial charge on any atom is -0.376 e. The van der Waals surface area contributed by atoms with Crippen molar-refractivity contribution in [3.05, 3.63) is 12.3 Å². The third-order valence-corrected chi connectivity index (χ3v) is 1.93. The van der Waals surface area contributed by atoms with E-state index in [4.69, 9.17) is 10.8 Å². The monoisotopic (exact) mass is 214 g/mol. The zero-order valence-corrected chi connectivity index (χ0v) is 9.85. The van der Waals surface area contributed by atoms with Gasteiger partial charge in [0.1, 0.15) is 6.73 Å². The van der Waals surface area contributed by atoms with Crippen LogP contribution in [0.1, 0.15) is 13.3 Å². The number of hydrogen-bond donors (Lipinski definition) is 2. The van der Waals surface area contributed by atoms with Crippen LogP contribution in [0.2, 0.25) is 0 Å². The molecule has 0 aromatic carbocycles. The molecule has 0 aromatic heterocycles. The summed E-state index contributed by atoms with van der Waals surface area (Å²) >= 11 is 0. The van der Waals surface area contributed by atoms with Crippen molar-refractivity contribution in [1.29, 1.82) is 0 Å². The molecular weight excluding hydrogens is 192 g/mol. The Morgan fingerprint density at radius 3 is 2.53 bits per heavy atom.